The number of amides is 2. The van der Waals surface area contributed by atoms with E-state index in [0.717, 1.165) is 25.7 Å². The van der Waals surface area contributed by atoms with Crippen LogP contribution in [0.1, 0.15) is 37.3 Å². The normalized spacial score (nSPS) is 14.3. The monoisotopic (exact) mass is 499 g/mol. The van der Waals surface area contributed by atoms with Gasteiger partial charge in [0.05, 0.1) is 0 Å². The highest BCUT2D eigenvalue weighted by Gasteiger charge is 2.34. The van der Waals surface area contributed by atoms with Crippen LogP contribution in [0.15, 0.2) is 79.1 Å². The Hall–Kier alpha value is -4.47. The minimum atomic E-state index is -0.918. The quantitative estimate of drug-likeness (QED) is 0.396. The number of tetrazole rings is 1. The Labute approximate surface area is 213 Å². The van der Waals surface area contributed by atoms with Crippen LogP contribution in [0.3, 0.4) is 0 Å². The van der Waals surface area contributed by atoms with Crippen molar-refractivity contribution in [2.45, 2.75) is 44.3 Å². The number of para-hydroxylation sites is 1. The van der Waals surface area contributed by atoms with Gasteiger partial charge in [-0.1, -0.05) is 31.0 Å². The molecule has 1 fully saturated rings. The van der Waals surface area contributed by atoms with Gasteiger partial charge in [0.2, 0.25) is 11.7 Å². The van der Waals surface area contributed by atoms with Crippen LogP contribution >= 0.6 is 0 Å². The molecule has 37 heavy (non-hydrogen) atoms. The number of halogens is 1. The second kappa shape index (κ2) is 11.1. The van der Waals surface area contributed by atoms with Gasteiger partial charge in [0, 0.05) is 29.7 Å². The van der Waals surface area contributed by atoms with E-state index in [2.05, 4.69) is 25.7 Å². The molecule has 0 spiro atoms. The lowest BCUT2D eigenvalue weighted by Crippen LogP contribution is -2.47. The standard InChI is InChI=1S/C27H26FN7O2/c28-21-12-10-20(11-13-21)26-31-33-34(32-26)18-24(36)35(23-8-2-1-3-9-23)25(19-14-16-29-17-15-19)27(37)30-22-6-4-5-7-22/h1-3,8-17,22,25H,4-7,18H2,(H,30,37)/t25-/m1/s1. The van der Waals surface area contributed by atoms with E-state index in [1.165, 1.54) is 21.8 Å². The molecule has 1 N–H and O–H groups in total. The van der Waals surface area contributed by atoms with Gasteiger partial charge in [-0.05, 0) is 72.1 Å². The second-order valence-electron chi connectivity index (χ2n) is 8.92. The molecular formula is C27H26FN7O2. The molecule has 1 aliphatic carbocycles. The number of pyridine rings is 1. The van der Waals surface area contributed by atoms with Crippen LogP contribution < -0.4 is 10.2 Å². The van der Waals surface area contributed by atoms with E-state index >= 15 is 0 Å². The first-order valence-corrected chi connectivity index (χ1v) is 12.2. The van der Waals surface area contributed by atoms with E-state index in [0.29, 0.717) is 16.8 Å². The topological polar surface area (TPSA) is 106 Å². The average molecular weight is 500 g/mol. The summed E-state index contributed by atoms with van der Waals surface area (Å²) in [6.07, 6.45) is 7.19. The summed E-state index contributed by atoms with van der Waals surface area (Å²) in [5.74, 6) is -0.752. The number of benzene rings is 2. The van der Waals surface area contributed by atoms with Gasteiger partial charge in [0.15, 0.2) is 0 Å². The molecule has 2 amide bonds. The van der Waals surface area contributed by atoms with Gasteiger partial charge >= 0.3 is 0 Å². The molecule has 1 aliphatic rings. The van der Waals surface area contributed by atoms with Crippen molar-refractivity contribution in [2.24, 2.45) is 0 Å². The molecule has 10 heteroatoms. The molecule has 4 aromatic rings. The van der Waals surface area contributed by atoms with E-state index in [-0.39, 0.29) is 30.1 Å². The van der Waals surface area contributed by atoms with Gasteiger partial charge in [0.1, 0.15) is 18.4 Å². The first-order valence-electron chi connectivity index (χ1n) is 12.2. The van der Waals surface area contributed by atoms with Crippen molar-refractivity contribution in [3.05, 3.63) is 90.5 Å². The fourth-order valence-electron chi connectivity index (χ4n) is 4.56. The molecule has 188 valence electrons. The van der Waals surface area contributed by atoms with Crippen molar-refractivity contribution < 1.29 is 14.0 Å². The summed E-state index contributed by atoms with van der Waals surface area (Å²) in [6, 6.07) is 17.4. The summed E-state index contributed by atoms with van der Waals surface area (Å²) in [7, 11) is 0. The van der Waals surface area contributed by atoms with Gasteiger partial charge in [-0.15, -0.1) is 10.2 Å². The van der Waals surface area contributed by atoms with E-state index in [1.807, 2.05) is 18.2 Å². The zero-order valence-electron chi connectivity index (χ0n) is 20.1. The highest BCUT2D eigenvalue weighted by Crippen LogP contribution is 2.29. The van der Waals surface area contributed by atoms with Crippen molar-refractivity contribution in [1.29, 1.82) is 0 Å². The number of rotatable bonds is 8. The number of nitrogens with one attached hydrogen (secondary N) is 1. The predicted octanol–water partition coefficient (Wildman–Crippen LogP) is 3.71. The lowest BCUT2D eigenvalue weighted by Gasteiger charge is -2.32. The minimum absolute atomic E-state index is 0.0832. The predicted molar refractivity (Wildman–Crippen MR) is 135 cm³/mol. The zero-order chi connectivity index (χ0) is 25.6. The maximum atomic E-state index is 13.8. The van der Waals surface area contributed by atoms with E-state index in [9.17, 15) is 14.0 Å². The van der Waals surface area contributed by atoms with Gasteiger partial charge < -0.3 is 5.32 Å². The first-order chi connectivity index (χ1) is 18.1. The third-order valence-corrected chi connectivity index (χ3v) is 6.36. The second-order valence-corrected chi connectivity index (χ2v) is 8.92. The van der Waals surface area contributed by atoms with Crippen LogP contribution in [0.4, 0.5) is 10.1 Å². The Morgan fingerprint density at radius 3 is 2.41 bits per heavy atom. The van der Waals surface area contributed by atoms with Crippen molar-refractivity contribution in [3.8, 4) is 11.4 Å². The van der Waals surface area contributed by atoms with Crippen LogP contribution in [-0.2, 0) is 16.1 Å². The molecule has 2 aromatic heterocycles. The van der Waals surface area contributed by atoms with Crippen molar-refractivity contribution in [2.75, 3.05) is 4.90 Å². The Morgan fingerprint density at radius 2 is 1.70 bits per heavy atom. The Balaban J connectivity index is 1.46. The molecule has 0 saturated heterocycles. The number of carbonyl (C=O) groups excluding carboxylic acids is 2. The number of anilines is 1. The van der Waals surface area contributed by atoms with Crippen LogP contribution in [0.5, 0.6) is 0 Å². The minimum Gasteiger partial charge on any atom is -0.351 e. The summed E-state index contributed by atoms with van der Waals surface area (Å²) in [6.45, 7) is -0.249. The van der Waals surface area contributed by atoms with Gasteiger partial charge in [-0.3, -0.25) is 19.5 Å². The highest BCUT2D eigenvalue weighted by atomic mass is 19.1. The Bertz CT molecular complexity index is 1340. The van der Waals surface area contributed by atoms with Gasteiger partial charge in [-0.2, -0.15) is 4.80 Å². The van der Waals surface area contributed by atoms with Crippen LogP contribution in [-0.4, -0.2) is 43.0 Å². The number of hydrogen-bond donors (Lipinski definition) is 1. The van der Waals surface area contributed by atoms with Crippen LogP contribution in [0.25, 0.3) is 11.4 Å². The molecule has 0 unspecified atom stereocenters. The van der Waals surface area contributed by atoms with Crippen molar-refractivity contribution >= 4 is 17.5 Å². The fraction of sp³-hybridized carbons (Fsp3) is 0.259. The Morgan fingerprint density at radius 1 is 1.00 bits per heavy atom. The van der Waals surface area contributed by atoms with Crippen LogP contribution in [0.2, 0.25) is 0 Å². The largest absolute Gasteiger partial charge is 0.351 e. The molecule has 2 heterocycles. The molecule has 2 aromatic carbocycles. The smallest absolute Gasteiger partial charge is 0.251 e. The summed E-state index contributed by atoms with van der Waals surface area (Å²) >= 11 is 0. The third-order valence-electron chi connectivity index (χ3n) is 6.36. The molecule has 5 rings (SSSR count). The van der Waals surface area contributed by atoms with Gasteiger partial charge in [0.25, 0.3) is 5.91 Å². The van der Waals surface area contributed by atoms with Crippen LogP contribution in [0, 0.1) is 5.82 Å². The number of aromatic nitrogens is 5. The van der Waals surface area contributed by atoms with Gasteiger partial charge in [-0.25, -0.2) is 4.39 Å². The molecule has 0 aliphatic heterocycles. The molecule has 0 bridgehead atoms. The zero-order valence-corrected chi connectivity index (χ0v) is 20.1. The third kappa shape index (κ3) is 5.69. The van der Waals surface area contributed by atoms with Crippen molar-refractivity contribution in [3.63, 3.8) is 0 Å². The maximum Gasteiger partial charge on any atom is 0.251 e. The Kier molecular flexibility index (Phi) is 7.25. The first kappa shape index (κ1) is 24.2. The maximum absolute atomic E-state index is 13.8. The molecular weight excluding hydrogens is 473 g/mol. The summed E-state index contributed by atoms with van der Waals surface area (Å²) in [4.78, 5) is 34.2. The molecule has 0 radical (unpaired) electrons. The molecule has 1 atom stereocenters. The number of hydrogen-bond acceptors (Lipinski definition) is 6. The average Bonchev–Trinajstić information content (AvgIpc) is 3.61. The van der Waals surface area contributed by atoms with Crippen molar-refractivity contribution in [1.82, 2.24) is 30.5 Å². The molecule has 9 nitrogen and oxygen atoms in total. The van der Waals surface area contributed by atoms with E-state index in [1.54, 1.807) is 48.8 Å². The summed E-state index contributed by atoms with van der Waals surface area (Å²) < 4.78 is 13.3. The number of nitrogens with zero attached hydrogens (tertiary/aromatic N) is 6. The highest BCUT2D eigenvalue weighted by molar-refractivity contribution is 6.01. The summed E-state index contributed by atoms with van der Waals surface area (Å²) in [5.41, 5.74) is 1.78. The number of carbonyl (C=O) groups is 2. The van der Waals surface area contributed by atoms with E-state index in [4.69, 9.17) is 0 Å². The lowest BCUT2D eigenvalue weighted by molar-refractivity contribution is -0.127. The lowest BCUT2D eigenvalue weighted by atomic mass is 10.0. The SMILES string of the molecule is O=C(NC1CCCC1)[C@@H](c1ccncc1)N(C(=O)Cn1nnc(-c2ccc(F)cc2)n1)c1ccccc1. The summed E-state index contributed by atoms with van der Waals surface area (Å²) in [5, 5.41) is 15.5. The fourth-order valence-corrected chi connectivity index (χ4v) is 4.56. The molecule has 1 saturated carbocycles. The van der Waals surface area contributed by atoms with E-state index < -0.39 is 11.9 Å².